The van der Waals surface area contributed by atoms with E-state index in [1.165, 1.54) is 0 Å². The van der Waals surface area contributed by atoms with E-state index in [0.29, 0.717) is 22.3 Å². The lowest BCUT2D eigenvalue weighted by Gasteiger charge is -2.16. The summed E-state index contributed by atoms with van der Waals surface area (Å²) in [6, 6.07) is 7.23. The molecule has 36 heavy (non-hydrogen) atoms. The number of H-pyrrole nitrogens is 1. The second kappa shape index (κ2) is 8.87. The molecule has 0 saturated carbocycles. The maximum Gasteiger partial charge on any atom is 0.315 e. The summed E-state index contributed by atoms with van der Waals surface area (Å²) < 4.78 is 6.87. The number of halogens is 1. The largest absolute Gasteiger partial charge is 0.341 e. The van der Waals surface area contributed by atoms with Crippen LogP contribution in [0.3, 0.4) is 0 Å². The van der Waals surface area contributed by atoms with Crippen LogP contribution in [0, 0.1) is 0 Å². The number of benzene rings is 1. The first-order valence-electron chi connectivity index (χ1n) is 11.4. The Kier molecular flexibility index (Phi) is 5.83. The topological polar surface area (TPSA) is 127 Å². The van der Waals surface area contributed by atoms with Gasteiger partial charge in [0.1, 0.15) is 5.82 Å². The van der Waals surface area contributed by atoms with Gasteiger partial charge in [0, 0.05) is 35.4 Å². The number of pyridine rings is 1. The van der Waals surface area contributed by atoms with Gasteiger partial charge in [-0.3, -0.25) is 9.48 Å². The SMILES string of the molecule is C[C@H](NC(=O)c1nc(C(C)(C)C)no1)c1ccc(-c2ccnc3nc(-c4cnn(C)c4)[nH]c23)cc1Cl. The van der Waals surface area contributed by atoms with Crippen LogP contribution in [-0.2, 0) is 12.5 Å². The summed E-state index contributed by atoms with van der Waals surface area (Å²) in [6.45, 7) is 7.69. The van der Waals surface area contributed by atoms with Crippen molar-refractivity contribution < 1.29 is 9.32 Å². The summed E-state index contributed by atoms with van der Waals surface area (Å²) in [7, 11) is 1.86. The smallest absolute Gasteiger partial charge is 0.315 e. The molecule has 5 rings (SSSR count). The van der Waals surface area contributed by atoms with Crippen molar-refractivity contribution in [2.75, 3.05) is 0 Å². The monoisotopic (exact) mass is 504 g/mol. The van der Waals surface area contributed by atoms with Crippen LogP contribution < -0.4 is 5.32 Å². The molecule has 184 valence electrons. The quantitative estimate of drug-likeness (QED) is 0.350. The molecular weight excluding hydrogens is 480 g/mol. The number of hydrogen-bond donors (Lipinski definition) is 2. The number of aromatic amines is 1. The van der Waals surface area contributed by atoms with E-state index in [0.717, 1.165) is 27.8 Å². The highest BCUT2D eigenvalue weighted by Gasteiger charge is 2.25. The van der Waals surface area contributed by atoms with E-state index >= 15 is 0 Å². The van der Waals surface area contributed by atoms with E-state index in [2.05, 4.69) is 35.5 Å². The number of rotatable bonds is 5. The highest BCUT2D eigenvalue weighted by Crippen LogP contribution is 2.33. The Morgan fingerprint density at radius 1 is 1.19 bits per heavy atom. The summed E-state index contributed by atoms with van der Waals surface area (Å²) in [5.74, 6) is 0.619. The molecule has 1 aromatic carbocycles. The molecule has 1 amide bonds. The van der Waals surface area contributed by atoms with E-state index in [-0.39, 0.29) is 17.3 Å². The summed E-state index contributed by atoms with van der Waals surface area (Å²) >= 11 is 6.67. The molecule has 2 N–H and O–H groups in total. The highest BCUT2D eigenvalue weighted by atomic mass is 35.5. The molecule has 10 nitrogen and oxygen atoms in total. The van der Waals surface area contributed by atoms with E-state index < -0.39 is 5.91 Å². The van der Waals surface area contributed by atoms with Crippen LogP contribution in [0.2, 0.25) is 5.02 Å². The number of aromatic nitrogens is 7. The number of hydrogen-bond acceptors (Lipinski definition) is 7. The fraction of sp³-hybridized carbons (Fsp3) is 0.280. The molecule has 0 fully saturated rings. The number of amides is 1. The number of carbonyl (C=O) groups is 1. The number of nitrogens with one attached hydrogen (secondary N) is 2. The van der Waals surface area contributed by atoms with E-state index in [9.17, 15) is 4.79 Å². The maximum absolute atomic E-state index is 12.7. The fourth-order valence-electron chi connectivity index (χ4n) is 3.83. The van der Waals surface area contributed by atoms with Crippen LogP contribution in [-0.4, -0.2) is 40.8 Å². The Labute approximate surface area is 212 Å². The first kappa shape index (κ1) is 23.7. The van der Waals surface area contributed by atoms with Crippen LogP contribution in [0.5, 0.6) is 0 Å². The summed E-state index contributed by atoms with van der Waals surface area (Å²) in [6.07, 6.45) is 5.35. The lowest BCUT2D eigenvalue weighted by atomic mass is 9.96. The minimum absolute atomic E-state index is 0.0811. The van der Waals surface area contributed by atoms with E-state index in [1.807, 2.05) is 65.2 Å². The van der Waals surface area contributed by atoms with Crippen molar-refractivity contribution >= 4 is 28.7 Å². The number of imidazole rings is 1. The van der Waals surface area contributed by atoms with Crippen molar-refractivity contribution in [1.82, 2.24) is 40.2 Å². The first-order valence-corrected chi connectivity index (χ1v) is 11.8. The molecular formula is C25H25ClN8O2. The van der Waals surface area contributed by atoms with Crippen molar-refractivity contribution in [1.29, 1.82) is 0 Å². The van der Waals surface area contributed by atoms with Gasteiger partial charge in [-0.25, -0.2) is 9.97 Å². The predicted octanol–water partition coefficient (Wildman–Crippen LogP) is 4.85. The van der Waals surface area contributed by atoms with Gasteiger partial charge in [-0.15, -0.1) is 0 Å². The zero-order valence-electron chi connectivity index (χ0n) is 20.5. The Morgan fingerprint density at radius 2 is 2.00 bits per heavy atom. The van der Waals surface area contributed by atoms with Crippen LogP contribution in [0.25, 0.3) is 33.7 Å². The summed E-state index contributed by atoms with van der Waals surface area (Å²) in [5, 5.41) is 11.5. The molecule has 4 heterocycles. The fourth-order valence-corrected chi connectivity index (χ4v) is 4.18. The number of fused-ring (bicyclic) bond motifs is 1. The van der Waals surface area contributed by atoms with Crippen LogP contribution >= 0.6 is 11.6 Å². The molecule has 0 unspecified atom stereocenters. The number of carbonyl (C=O) groups excluding carboxylic acids is 1. The van der Waals surface area contributed by atoms with Crippen molar-refractivity contribution in [2.24, 2.45) is 7.05 Å². The third kappa shape index (κ3) is 4.47. The molecule has 0 aliphatic carbocycles. The molecule has 11 heteroatoms. The molecule has 5 aromatic rings. The molecule has 4 aromatic heterocycles. The lowest BCUT2D eigenvalue weighted by molar-refractivity contribution is 0.0895. The Morgan fingerprint density at radius 3 is 2.67 bits per heavy atom. The van der Waals surface area contributed by atoms with Crippen LogP contribution in [0.1, 0.15) is 55.8 Å². The minimum Gasteiger partial charge on any atom is -0.341 e. The Bertz CT molecular complexity index is 1580. The summed E-state index contributed by atoms with van der Waals surface area (Å²) in [4.78, 5) is 29.2. The van der Waals surface area contributed by atoms with Crippen LogP contribution in [0.4, 0.5) is 0 Å². The molecule has 0 saturated heterocycles. The maximum atomic E-state index is 12.7. The zero-order chi connectivity index (χ0) is 25.6. The second-order valence-electron chi connectivity index (χ2n) is 9.65. The minimum atomic E-state index is -0.457. The Balaban J connectivity index is 1.39. The normalized spacial score (nSPS) is 12.7. The molecule has 0 radical (unpaired) electrons. The lowest BCUT2D eigenvalue weighted by Crippen LogP contribution is -2.27. The molecule has 1 atom stereocenters. The van der Waals surface area contributed by atoms with E-state index in [1.54, 1.807) is 17.1 Å². The standard InChI is InChI=1S/C25H25ClN8O2/c1-13(29-22(35)23-32-24(33-36-23)25(2,3)4)16-7-6-14(10-18(16)26)17-8-9-27-21-19(17)30-20(31-21)15-11-28-34(5)12-15/h6-13H,1-5H3,(H,29,35)(H,27,30,31)/t13-/m0/s1. The van der Waals surface area contributed by atoms with Gasteiger partial charge in [-0.1, -0.05) is 49.7 Å². The molecule has 0 spiro atoms. The van der Waals surface area contributed by atoms with Gasteiger partial charge in [0.2, 0.25) is 0 Å². The molecule has 0 aliphatic rings. The molecule has 0 bridgehead atoms. The highest BCUT2D eigenvalue weighted by molar-refractivity contribution is 6.31. The van der Waals surface area contributed by atoms with Crippen molar-refractivity contribution in [2.45, 2.75) is 39.2 Å². The third-order valence-corrected chi connectivity index (χ3v) is 6.11. The van der Waals surface area contributed by atoms with Gasteiger partial charge in [-0.2, -0.15) is 10.1 Å². The second-order valence-corrected chi connectivity index (χ2v) is 10.1. The zero-order valence-corrected chi connectivity index (χ0v) is 21.3. The van der Waals surface area contributed by atoms with Crippen molar-refractivity contribution in [3.8, 4) is 22.5 Å². The van der Waals surface area contributed by atoms with Gasteiger partial charge in [0.05, 0.1) is 23.3 Å². The summed E-state index contributed by atoms with van der Waals surface area (Å²) in [5.41, 5.74) is 4.51. The van der Waals surface area contributed by atoms with Gasteiger partial charge in [0.15, 0.2) is 11.5 Å². The third-order valence-electron chi connectivity index (χ3n) is 5.79. The number of aryl methyl sites for hydroxylation is 1. The van der Waals surface area contributed by atoms with Gasteiger partial charge in [-0.05, 0) is 30.2 Å². The van der Waals surface area contributed by atoms with Gasteiger partial charge >= 0.3 is 11.8 Å². The average Bonchev–Trinajstić information content (AvgIpc) is 3.57. The van der Waals surface area contributed by atoms with E-state index in [4.69, 9.17) is 16.1 Å². The van der Waals surface area contributed by atoms with Crippen molar-refractivity contribution in [3.05, 3.63) is 65.2 Å². The Hall–Kier alpha value is -4.05. The predicted molar refractivity (Wildman–Crippen MR) is 135 cm³/mol. The molecule has 0 aliphatic heterocycles. The first-order chi connectivity index (χ1) is 17.1. The van der Waals surface area contributed by atoms with Crippen LogP contribution in [0.15, 0.2) is 47.4 Å². The van der Waals surface area contributed by atoms with Gasteiger partial charge in [0.25, 0.3) is 0 Å². The van der Waals surface area contributed by atoms with Gasteiger partial charge < -0.3 is 14.8 Å². The average molecular weight is 505 g/mol. The van der Waals surface area contributed by atoms with Crippen molar-refractivity contribution in [3.63, 3.8) is 0 Å². The number of nitrogens with zero attached hydrogens (tertiary/aromatic N) is 6.